The Balaban J connectivity index is 3.23. The maximum Gasteiger partial charge on any atom is -0.0443 e. The summed E-state index contributed by atoms with van der Waals surface area (Å²) in [5.41, 5.74) is 0. The normalized spacial score (nSPS) is 13.8. The van der Waals surface area contributed by atoms with Crippen molar-refractivity contribution in [2.75, 3.05) is 0 Å². The lowest BCUT2D eigenvalue weighted by molar-refractivity contribution is 0.417. The molecule has 0 saturated carbocycles. The molecule has 0 aliphatic heterocycles. The first kappa shape index (κ1) is 27.0. The van der Waals surface area contributed by atoms with E-state index in [0.29, 0.717) is 0 Å². The Morgan fingerprint density at radius 2 is 0.556 bits per heavy atom. The Morgan fingerprint density at radius 3 is 0.852 bits per heavy atom. The molecule has 0 heterocycles. The first-order chi connectivity index (χ1) is 13.2. The molecule has 0 saturated heterocycles. The molecule has 0 heteroatoms. The summed E-state index contributed by atoms with van der Waals surface area (Å²) in [7, 11) is 0. The molecule has 27 heavy (non-hydrogen) atoms. The van der Waals surface area contributed by atoms with Crippen molar-refractivity contribution in [2.45, 2.75) is 163 Å². The van der Waals surface area contributed by atoms with Crippen molar-refractivity contribution >= 4 is 0 Å². The van der Waals surface area contributed by atoms with Crippen LogP contribution in [0.2, 0.25) is 0 Å². The lowest BCUT2D eigenvalue weighted by atomic mass is 9.94. The van der Waals surface area contributed by atoms with E-state index in [9.17, 15) is 0 Å². The molecule has 0 aromatic heterocycles. The molecule has 0 aliphatic carbocycles. The highest BCUT2D eigenvalue weighted by Gasteiger charge is 2.04. The minimum Gasteiger partial charge on any atom is -0.0654 e. The molecule has 0 fully saturated rings. The van der Waals surface area contributed by atoms with Gasteiger partial charge in [-0.15, -0.1) is 0 Å². The van der Waals surface area contributed by atoms with E-state index < -0.39 is 0 Å². The van der Waals surface area contributed by atoms with E-state index in [1.54, 1.807) is 0 Å². The second-order valence-corrected chi connectivity index (χ2v) is 9.67. The second-order valence-electron chi connectivity index (χ2n) is 9.67. The lowest BCUT2D eigenvalue weighted by Gasteiger charge is -2.12. The van der Waals surface area contributed by atoms with Gasteiger partial charge in [0, 0.05) is 0 Å². The number of rotatable bonds is 22. The quantitative estimate of drug-likeness (QED) is 0.164. The molecule has 164 valence electrons. The zero-order chi connectivity index (χ0) is 20.0. The summed E-state index contributed by atoms with van der Waals surface area (Å²) >= 11 is 0. The van der Waals surface area contributed by atoms with E-state index in [4.69, 9.17) is 0 Å². The summed E-state index contributed by atoms with van der Waals surface area (Å²) in [4.78, 5) is 0. The van der Waals surface area contributed by atoms with E-state index in [1.165, 1.54) is 135 Å². The minimum absolute atomic E-state index is 0.966. The number of unbranched alkanes of at least 4 members (excludes halogenated alkanes) is 14. The Hall–Kier alpha value is 0. The third kappa shape index (κ3) is 22.2. The molecule has 0 nitrogen and oxygen atoms in total. The first-order valence-electron chi connectivity index (χ1n) is 13.2. The zero-order valence-electron chi connectivity index (χ0n) is 20.0. The van der Waals surface area contributed by atoms with Gasteiger partial charge in [0.1, 0.15) is 0 Å². The molecule has 0 aromatic carbocycles. The Labute approximate surface area is 174 Å². The Kier molecular flexibility index (Phi) is 22.3. The van der Waals surface area contributed by atoms with Crippen LogP contribution in [0.1, 0.15) is 163 Å². The van der Waals surface area contributed by atoms with Crippen molar-refractivity contribution in [3.05, 3.63) is 0 Å². The van der Waals surface area contributed by atoms with Crippen molar-refractivity contribution < 1.29 is 0 Å². The average molecular weight is 381 g/mol. The fraction of sp³-hybridized carbons (Fsp3) is 1.00. The minimum atomic E-state index is 0.966. The van der Waals surface area contributed by atoms with Crippen LogP contribution in [-0.4, -0.2) is 0 Å². The molecule has 2 unspecified atom stereocenters. The summed E-state index contributed by atoms with van der Waals surface area (Å²) < 4.78 is 0. The van der Waals surface area contributed by atoms with Crippen molar-refractivity contribution in [1.82, 2.24) is 0 Å². The predicted molar refractivity (Wildman–Crippen MR) is 127 cm³/mol. The molecule has 0 N–H and O–H groups in total. The summed E-state index contributed by atoms with van der Waals surface area (Å²) in [6.07, 6.45) is 30.7. The third-order valence-electron chi connectivity index (χ3n) is 6.49. The molecule has 0 amide bonds. The van der Waals surface area contributed by atoms with Gasteiger partial charge in [0.25, 0.3) is 0 Å². The van der Waals surface area contributed by atoms with Gasteiger partial charge < -0.3 is 0 Å². The van der Waals surface area contributed by atoms with Gasteiger partial charge in [-0.3, -0.25) is 0 Å². The Morgan fingerprint density at radius 1 is 0.333 bits per heavy atom. The maximum absolute atomic E-state index is 2.49. The summed E-state index contributed by atoms with van der Waals surface area (Å²) in [6.45, 7) is 9.57. The van der Waals surface area contributed by atoms with Crippen molar-refractivity contribution in [2.24, 2.45) is 11.8 Å². The van der Waals surface area contributed by atoms with Gasteiger partial charge in [0.05, 0.1) is 0 Å². The van der Waals surface area contributed by atoms with Crippen molar-refractivity contribution in [1.29, 1.82) is 0 Å². The molecular formula is C27H56. The summed E-state index contributed by atoms with van der Waals surface area (Å²) in [6, 6.07) is 0. The van der Waals surface area contributed by atoms with Gasteiger partial charge in [0.15, 0.2) is 0 Å². The van der Waals surface area contributed by atoms with Crippen molar-refractivity contribution in [3.8, 4) is 0 Å². The van der Waals surface area contributed by atoms with E-state index in [1.807, 2.05) is 0 Å². The van der Waals surface area contributed by atoms with Crippen LogP contribution in [0.3, 0.4) is 0 Å². The monoisotopic (exact) mass is 380 g/mol. The fourth-order valence-corrected chi connectivity index (χ4v) is 4.35. The molecular weight excluding hydrogens is 324 g/mol. The van der Waals surface area contributed by atoms with Crippen LogP contribution < -0.4 is 0 Å². The van der Waals surface area contributed by atoms with Gasteiger partial charge in [-0.2, -0.15) is 0 Å². The molecule has 0 bridgehead atoms. The fourth-order valence-electron chi connectivity index (χ4n) is 4.35. The van der Waals surface area contributed by atoms with Crippen LogP contribution >= 0.6 is 0 Å². The zero-order valence-corrected chi connectivity index (χ0v) is 20.0. The SMILES string of the molecule is CCCCCCCCCCC(C)CCCCCCCC(C)CCCCCC. The van der Waals surface area contributed by atoms with E-state index in [-0.39, 0.29) is 0 Å². The highest BCUT2D eigenvalue weighted by Crippen LogP contribution is 2.20. The highest BCUT2D eigenvalue weighted by molar-refractivity contribution is 4.58. The molecule has 0 radical (unpaired) electrons. The van der Waals surface area contributed by atoms with Crippen LogP contribution in [-0.2, 0) is 0 Å². The first-order valence-corrected chi connectivity index (χ1v) is 13.2. The standard InChI is InChI=1S/C27H56/c1-5-7-9-11-12-13-15-19-23-27(4)25-21-17-14-16-20-24-26(3)22-18-10-8-6-2/h26-27H,5-25H2,1-4H3. The van der Waals surface area contributed by atoms with Crippen LogP contribution in [0.5, 0.6) is 0 Å². The molecule has 0 rings (SSSR count). The smallest absolute Gasteiger partial charge is 0.0443 e. The topological polar surface area (TPSA) is 0 Å². The van der Waals surface area contributed by atoms with Gasteiger partial charge in [0.2, 0.25) is 0 Å². The van der Waals surface area contributed by atoms with E-state index in [0.717, 1.165) is 11.8 Å². The Bertz CT molecular complexity index is 257. The highest BCUT2D eigenvalue weighted by atomic mass is 14.1. The molecule has 0 spiro atoms. The molecule has 0 aromatic rings. The second kappa shape index (κ2) is 22.3. The maximum atomic E-state index is 2.49. The van der Waals surface area contributed by atoms with E-state index >= 15 is 0 Å². The van der Waals surface area contributed by atoms with Gasteiger partial charge in [-0.05, 0) is 11.8 Å². The average Bonchev–Trinajstić information content (AvgIpc) is 2.66. The number of hydrogen-bond acceptors (Lipinski definition) is 0. The van der Waals surface area contributed by atoms with Crippen molar-refractivity contribution in [3.63, 3.8) is 0 Å². The van der Waals surface area contributed by atoms with E-state index in [2.05, 4.69) is 27.7 Å². The predicted octanol–water partition coefficient (Wildman–Crippen LogP) is 10.5. The molecule has 2 atom stereocenters. The third-order valence-corrected chi connectivity index (χ3v) is 6.49. The lowest BCUT2D eigenvalue weighted by Crippen LogP contribution is -1.96. The van der Waals surface area contributed by atoms with Crippen LogP contribution in [0, 0.1) is 11.8 Å². The van der Waals surface area contributed by atoms with Crippen LogP contribution in [0.4, 0.5) is 0 Å². The van der Waals surface area contributed by atoms with Gasteiger partial charge in [-0.1, -0.05) is 163 Å². The van der Waals surface area contributed by atoms with Crippen LogP contribution in [0.25, 0.3) is 0 Å². The number of hydrogen-bond donors (Lipinski definition) is 0. The van der Waals surface area contributed by atoms with Crippen LogP contribution in [0.15, 0.2) is 0 Å². The van der Waals surface area contributed by atoms with Gasteiger partial charge >= 0.3 is 0 Å². The summed E-state index contributed by atoms with van der Waals surface area (Å²) in [5, 5.41) is 0. The van der Waals surface area contributed by atoms with Gasteiger partial charge in [-0.25, -0.2) is 0 Å². The summed E-state index contributed by atoms with van der Waals surface area (Å²) in [5.74, 6) is 1.93. The largest absolute Gasteiger partial charge is 0.0654 e. The molecule has 0 aliphatic rings.